The quantitative estimate of drug-likeness (QED) is 0.687. The number of nitrogens with one attached hydrogen (secondary N) is 1. The number of aliphatic hydroxyl groups is 1. The van der Waals surface area contributed by atoms with Gasteiger partial charge in [0.2, 0.25) is 5.91 Å². The molecule has 0 aromatic carbocycles. The van der Waals surface area contributed by atoms with Crippen LogP contribution in [0.1, 0.15) is 51.4 Å². The lowest BCUT2D eigenvalue weighted by molar-refractivity contribution is -0.128. The first-order chi connectivity index (χ1) is 8.15. The Balaban J connectivity index is 1.91. The predicted molar refractivity (Wildman–Crippen MR) is 66.4 cm³/mol. The highest BCUT2D eigenvalue weighted by atomic mass is 16.3. The van der Waals surface area contributed by atoms with Gasteiger partial charge in [0.05, 0.1) is 5.54 Å². The average molecular weight is 240 g/mol. The monoisotopic (exact) mass is 240 g/mol. The van der Waals surface area contributed by atoms with Crippen molar-refractivity contribution in [2.75, 3.05) is 6.61 Å². The van der Waals surface area contributed by atoms with E-state index in [1.54, 1.807) is 0 Å². The smallest absolute Gasteiger partial charge is 0.240 e. The fraction of sp³-hybridized carbons (Fsp3) is 0.923. The van der Waals surface area contributed by atoms with Gasteiger partial charge in [-0.15, -0.1) is 0 Å². The van der Waals surface area contributed by atoms with Crippen LogP contribution in [0, 0.1) is 5.92 Å². The number of hydrogen-bond acceptors (Lipinski definition) is 3. The molecule has 2 rings (SSSR count). The molecular weight excluding hydrogens is 216 g/mol. The lowest BCUT2D eigenvalue weighted by Gasteiger charge is -2.33. The third kappa shape index (κ3) is 2.80. The Morgan fingerprint density at radius 1 is 1.24 bits per heavy atom. The Kier molecular flexibility index (Phi) is 4.05. The number of amides is 1. The summed E-state index contributed by atoms with van der Waals surface area (Å²) in [5.74, 6) is 0.230. The van der Waals surface area contributed by atoms with Gasteiger partial charge in [-0.2, -0.15) is 0 Å². The molecule has 4 nitrogen and oxygen atoms in total. The summed E-state index contributed by atoms with van der Waals surface area (Å²) in [6.45, 7) is 0.169. The van der Waals surface area contributed by atoms with Gasteiger partial charge < -0.3 is 16.2 Å². The minimum Gasteiger partial charge on any atom is -0.396 e. The van der Waals surface area contributed by atoms with Gasteiger partial charge in [0.1, 0.15) is 0 Å². The molecule has 2 atom stereocenters. The van der Waals surface area contributed by atoms with Crippen LogP contribution in [0.4, 0.5) is 0 Å². The molecule has 4 heteroatoms. The molecular formula is C13H24N2O2. The van der Waals surface area contributed by atoms with Gasteiger partial charge in [-0.25, -0.2) is 0 Å². The van der Waals surface area contributed by atoms with Crippen LogP contribution in [0.25, 0.3) is 0 Å². The second-order valence-corrected chi connectivity index (χ2v) is 5.67. The molecule has 2 aliphatic rings. The van der Waals surface area contributed by atoms with E-state index < -0.39 is 5.54 Å². The highest BCUT2D eigenvalue weighted by molar-refractivity contribution is 5.86. The molecule has 0 heterocycles. The molecule has 17 heavy (non-hydrogen) atoms. The third-order valence-electron chi connectivity index (χ3n) is 4.41. The minimum atomic E-state index is -0.652. The van der Waals surface area contributed by atoms with Gasteiger partial charge in [-0.3, -0.25) is 4.79 Å². The van der Waals surface area contributed by atoms with Crippen LogP contribution in [0.2, 0.25) is 0 Å². The molecule has 0 radical (unpaired) electrons. The van der Waals surface area contributed by atoms with Crippen molar-refractivity contribution in [3.05, 3.63) is 0 Å². The third-order valence-corrected chi connectivity index (χ3v) is 4.41. The zero-order valence-electron chi connectivity index (χ0n) is 10.5. The topological polar surface area (TPSA) is 75.4 Å². The Morgan fingerprint density at radius 3 is 2.59 bits per heavy atom. The van der Waals surface area contributed by atoms with E-state index in [9.17, 15) is 9.90 Å². The maximum absolute atomic E-state index is 12.2. The van der Waals surface area contributed by atoms with Gasteiger partial charge in [0, 0.05) is 18.6 Å². The van der Waals surface area contributed by atoms with Crippen molar-refractivity contribution in [2.45, 2.75) is 62.9 Å². The average Bonchev–Trinajstić information content (AvgIpc) is 2.77. The number of hydrogen-bond donors (Lipinski definition) is 3. The zero-order chi connectivity index (χ0) is 12.3. The summed E-state index contributed by atoms with van der Waals surface area (Å²) in [6.07, 6.45) is 7.98. The van der Waals surface area contributed by atoms with E-state index in [0.717, 1.165) is 44.9 Å². The van der Waals surface area contributed by atoms with Crippen LogP contribution >= 0.6 is 0 Å². The molecule has 2 unspecified atom stereocenters. The van der Waals surface area contributed by atoms with Crippen molar-refractivity contribution in [3.8, 4) is 0 Å². The summed E-state index contributed by atoms with van der Waals surface area (Å²) in [5, 5.41) is 12.3. The number of aliphatic hydroxyl groups excluding tert-OH is 1. The van der Waals surface area contributed by atoms with E-state index in [0.29, 0.717) is 0 Å². The normalized spacial score (nSPS) is 32.4. The summed E-state index contributed by atoms with van der Waals surface area (Å²) in [7, 11) is 0. The maximum atomic E-state index is 12.2. The fourth-order valence-electron chi connectivity index (χ4n) is 3.17. The van der Waals surface area contributed by atoms with Crippen LogP contribution in [-0.2, 0) is 4.79 Å². The van der Waals surface area contributed by atoms with Crippen molar-refractivity contribution in [1.82, 2.24) is 5.32 Å². The lowest BCUT2D eigenvalue weighted by Crippen LogP contribution is -2.57. The SMILES string of the molecule is NC1(C(=O)NC2CCCC2CO)CCCCC1. The van der Waals surface area contributed by atoms with E-state index in [1.807, 2.05) is 0 Å². The molecule has 0 spiro atoms. The number of carbonyl (C=O) groups excluding carboxylic acids is 1. The van der Waals surface area contributed by atoms with Crippen molar-refractivity contribution >= 4 is 5.91 Å². The Labute approximate surface area is 103 Å². The molecule has 0 aliphatic heterocycles. The van der Waals surface area contributed by atoms with Gasteiger partial charge in [0.15, 0.2) is 0 Å². The summed E-state index contributed by atoms with van der Waals surface area (Å²) in [6, 6.07) is 0.134. The van der Waals surface area contributed by atoms with Gasteiger partial charge in [-0.05, 0) is 25.7 Å². The minimum absolute atomic E-state index is 0.00236. The summed E-state index contributed by atoms with van der Waals surface area (Å²) >= 11 is 0. The Bertz CT molecular complexity index is 275. The predicted octanol–water partition coefficient (Wildman–Crippen LogP) is 0.925. The molecule has 1 amide bonds. The van der Waals surface area contributed by atoms with Crippen molar-refractivity contribution in [1.29, 1.82) is 0 Å². The van der Waals surface area contributed by atoms with Crippen LogP contribution < -0.4 is 11.1 Å². The van der Waals surface area contributed by atoms with Crippen LogP contribution in [0.3, 0.4) is 0 Å². The van der Waals surface area contributed by atoms with E-state index in [2.05, 4.69) is 5.32 Å². The molecule has 0 bridgehead atoms. The molecule has 2 aliphatic carbocycles. The van der Waals surface area contributed by atoms with Crippen LogP contribution in [0.5, 0.6) is 0 Å². The van der Waals surface area contributed by atoms with Crippen molar-refractivity contribution in [2.24, 2.45) is 11.7 Å². The maximum Gasteiger partial charge on any atom is 0.240 e. The zero-order valence-corrected chi connectivity index (χ0v) is 10.5. The van der Waals surface area contributed by atoms with Crippen LogP contribution in [-0.4, -0.2) is 29.2 Å². The van der Waals surface area contributed by atoms with E-state index >= 15 is 0 Å². The Hall–Kier alpha value is -0.610. The largest absolute Gasteiger partial charge is 0.396 e. The number of carbonyl (C=O) groups is 1. The van der Waals surface area contributed by atoms with Gasteiger partial charge in [-0.1, -0.05) is 25.7 Å². The first-order valence-corrected chi connectivity index (χ1v) is 6.86. The summed E-state index contributed by atoms with van der Waals surface area (Å²) in [5.41, 5.74) is 5.54. The summed E-state index contributed by atoms with van der Waals surface area (Å²) < 4.78 is 0. The first-order valence-electron chi connectivity index (χ1n) is 6.86. The van der Waals surface area contributed by atoms with E-state index in [1.165, 1.54) is 6.42 Å². The summed E-state index contributed by atoms with van der Waals surface area (Å²) in [4.78, 5) is 12.2. The lowest BCUT2D eigenvalue weighted by atomic mass is 9.81. The molecule has 2 saturated carbocycles. The van der Waals surface area contributed by atoms with E-state index in [4.69, 9.17) is 5.73 Å². The molecule has 98 valence electrons. The molecule has 0 aromatic rings. The highest BCUT2D eigenvalue weighted by Gasteiger charge is 2.38. The second kappa shape index (κ2) is 5.36. The second-order valence-electron chi connectivity index (χ2n) is 5.67. The highest BCUT2D eigenvalue weighted by Crippen LogP contribution is 2.29. The van der Waals surface area contributed by atoms with E-state index in [-0.39, 0.29) is 24.5 Å². The van der Waals surface area contributed by atoms with Gasteiger partial charge in [0.25, 0.3) is 0 Å². The molecule has 2 fully saturated rings. The number of rotatable bonds is 3. The first kappa shape index (κ1) is 12.8. The standard InChI is InChI=1S/C13H24N2O2/c14-13(7-2-1-3-8-13)12(17)15-11-6-4-5-10(11)9-16/h10-11,16H,1-9,14H2,(H,15,17). The van der Waals surface area contributed by atoms with Crippen molar-refractivity contribution in [3.63, 3.8) is 0 Å². The fourth-order valence-corrected chi connectivity index (χ4v) is 3.17. The van der Waals surface area contributed by atoms with Crippen molar-refractivity contribution < 1.29 is 9.90 Å². The number of nitrogens with two attached hydrogens (primary N) is 1. The van der Waals surface area contributed by atoms with Gasteiger partial charge >= 0.3 is 0 Å². The van der Waals surface area contributed by atoms with Crippen LogP contribution in [0.15, 0.2) is 0 Å². The Morgan fingerprint density at radius 2 is 1.94 bits per heavy atom. The molecule has 4 N–H and O–H groups in total. The molecule has 0 saturated heterocycles. The molecule has 0 aromatic heterocycles.